The van der Waals surface area contributed by atoms with Crippen LogP contribution in [0.5, 0.6) is 5.75 Å². The van der Waals surface area contributed by atoms with E-state index in [0.29, 0.717) is 0 Å². The van der Waals surface area contributed by atoms with Gasteiger partial charge in [0.05, 0.1) is 5.54 Å². The summed E-state index contributed by atoms with van der Waals surface area (Å²) in [6.45, 7) is 8.63. The first-order chi connectivity index (χ1) is 7.27. The van der Waals surface area contributed by atoms with Gasteiger partial charge in [0, 0.05) is 0 Å². The summed E-state index contributed by atoms with van der Waals surface area (Å²) >= 11 is 0. The lowest BCUT2D eigenvalue weighted by Crippen LogP contribution is -2.58. The Labute approximate surface area is 99.2 Å². The lowest BCUT2D eigenvalue weighted by atomic mass is 9.84. The van der Waals surface area contributed by atoms with Gasteiger partial charge in [0.1, 0.15) is 11.4 Å². The molecule has 1 aromatic rings. The molecule has 16 heavy (non-hydrogen) atoms. The smallest absolute Gasteiger partial charge is 0.121 e. The Balaban J connectivity index is 2.87. The maximum absolute atomic E-state index is 6.09. The minimum atomic E-state index is -0.252. The van der Waals surface area contributed by atoms with E-state index >= 15 is 0 Å². The van der Waals surface area contributed by atoms with E-state index in [9.17, 15) is 0 Å². The molecule has 0 aliphatic rings. The third-order valence-electron chi connectivity index (χ3n) is 3.71. The van der Waals surface area contributed by atoms with Gasteiger partial charge in [-0.1, -0.05) is 18.2 Å². The molecule has 0 bridgehead atoms. The Kier molecular flexibility index (Phi) is 3.64. The van der Waals surface area contributed by atoms with Crippen LogP contribution in [-0.4, -0.2) is 30.1 Å². The van der Waals surface area contributed by atoms with Crippen molar-refractivity contribution in [1.82, 2.24) is 4.90 Å². The Hall–Kier alpha value is -1.02. The molecule has 90 valence electrons. The second-order valence-corrected chi connectivity index (χ2v) is 5.38. The maximum Gasteiger partial charge on any atom is 0.121 e. The van der Waals surface area contributed by atoms with E-state index in [4.69, 9.17) is 4.74 Å². The average Bonchev–Trinajstić information content (AvgIpc) is 2.18. The van der Waals surface area contributed by atoms with Crippen LogP contribution in [0.2, 0.25) is 0 Å². The van der Waals surface area contributed by atoms with Crippen LogP contribution < -0.4 is 4.74 Å². The van der Waals surface area contributed by atoms with Gasteiger partial charge in [-0.05, 0) is 53.9 Å². The zero-order valence-electron chi connectivity index (χ0n) is 11.2. The van der Waals surface area contributed by atoms with Gasteiger partial charge < -0.3 is 9.64 Å². The number of rotatable bonds is 4. The molecule has 1 aromatic carbocycles. The highest BCUT2D eigenvalue weighted by molar-refractivity contribution is 5.22. The van der Waals surface area contributed by atoms with E-state index in [0.717, 1.165) is 5.75 Å². The quantitative estimate of drug-likeness (QED) is 0.774. The number of para-hydroxylation sites is 1. The standard InChI is InChI=1S/C14H23NO/c1-13(2,15(5)6)14(3,4)16-12-10-8-7-9-11-12/h7-11H,1-6H3. The Bertz CT molecular complexity index is 328. The van der Waals surface area contributed by atoms with E-state index in [1.54, 1.807) is 0 Å². The molecule has 0 aliphatic heterocycles. The number of hydrogen-bond donors (Lipinski definition) is 0. The minimum Gasteiger partial charge on any atom is -0.486 e. The third kappa shape index (κ3) is 2.56. The summed E-state index contributed by atoms with van der Waals surface area (Å²) in [5.41, 5.74) is -0.291. The van der Waals surface area contributed by atoms with Gasteiger partial charge in [-0.3, -0.25) is 0 Å². The average molecular weight is 221 g/mol. The molecule has 0 saturated heterocycles. The Morgan fingerprint density at radius 3 is 1.88 bits per heavy atom. The van der Waals surface area contributed by atoms with Gasteiger partial charge in [0.15, 0.2) is 0 Å². The monoisotopic (exact) mass is 221 g/mol. The molecule has 0 aromatic heterocycles. The highest BCUT2D eigenvalue weighted by Crippen LogP contribution is 2.31. The fourth-order valence-electron chi connectivity index (χ4n) is 1.45. The molecular weight excluding hydrogens is 198 g/mol. The summed E-state index contributed by atoms with van der Waals surface area (Å²) in [6.07, 6.45) is 0. The van der Waals surface area contributed by atoms with Gasteiger partial charge in [-0.25, -0.2) is 0 Å². The van der Waals surface area contributed by atoms with Crippen molar-refractivity contribution in [2.45, 2.75) is 38.8 Å². The molecule has 0 fully saturated rings. The molecule has 2 heteroatoms. The van der Waals surface area contributed by atoms with Crippen LogP contribution in [0.1, 0.15) is 27.7 Å². The second-order valence-electron chi connectivity index (χ2n) is 5.38. The van der Waals surface area contributed by atoms with Crippen molar-refractivity contribution < 1.29 is 4.74 Å². The molecule has 0 spiro atoms. The van der Waals surface area contributed by atoms with E-state index in [2.05, 4.69) is 46.7 Å². The summed E-state index contributed by atoms with van der Waals surface area (Å²) in [7, 11) is 4.16. The summed E-state index contributed by atoms with van der Waals surface area (Å²) in [6, 6.07) is 9.97. The fraction of sp³-hybridized carbons (Fsp3) is 0.571. The molecule has 0 heterocycles. The van der Waals surface area contributed by atoms with Crippen LogP contribution in [0.15, 0.2) is 30.3 Å². The first-order valence-electron chi connectivity index (χ1n) is 5.69. The van der Waals surface area contributed by atoms with Gasteiger partial charge in [0.2, 0.25) is 0 Å². The zero-order valence-corrected chi connectivity index (χ0v) is 11.2. The molecule has 0 unspecified atom stereocenters. The number of benzene rings is 1. The van der Waals surface area contributed by atoms with Crippen molar-refractivity contribution in [2.24, 2.45) is 0 Å². The third-order valence-corrected chi connectivity index (χ3v) is 3.71. The van der Waals surface area contributed by atoms with Gasteiger partial charge in [-0.2, -0.15) is 0 Å². The molecule has 0 aliphatic carbocycles. The summed E-state index contributed by atoms with van der Waals surface area (Å²) < 4.78 is 6.09. The summed E-state index contributed by atoms with van der Waals surface area (Å²) in [4.78, 5) is 2.19. The molecule has 0 saturated carbocycles. The summed E-state index contributed by atoms with van der Waals surface area (Å²) in [5, 5.41) is 0. The second kappa shape index (κ2) is 4.46. The molecule has 0 amide bonds. The van der Waals surface area contributed by atoms with Crippen molar-refractivity contribution in [2.75, 3.05) is 14.1 Å². The molecule has 0 atom stereocenters. The number of likely N-dealkylation sites (N-methyl/N-ethyl adjacent to an activating group) is 1. The van der Waals surface area contributed by atoms with E-state index in [-0.39, 0.29) is 11.1 Å². The Morgan fingerprint density at radius 1 is 0.938 bits per heavy atom. The number of hydrogen-bond acceptors (Lipinski definition) is 2. The molecule has 0 N–H and O–H groups in total. The first kappa shape index (κ1) is 13.0. The van der Waals surface area contributed by atoms with Crippen molar-refractivity contribution in [3.63, 3.8) is 0 Å². The highest BCUT2D eigenvalue weighted by Gasteiger charge is 2.40. The molecular formula is C14H23NO. The lowest BCUT2D eigenvalue weighted by Gasteiger charge is -2.46. The summed E-state index contributed by atoms with van der Waals surface area (Å²) in [5.74, 6) is 0.919. The van der Waals surface area contributed by atoms with E-state index < -0.39 is 0 Å². The number of nitrogens with zero attached hydrogens (tertiary/aromatic N) is 1. The van der Waals surface area contributed by atoms with Crippen molar-refractivity contribution in [3.05, 3.63) is 30.3 Å². The van der Waals surface area contributed by atoms with E-state index in [1.165, 1.54) is 0 Å². The first-order valence-corrected chi connectivity index (χ1v) is 5.69. The van der Waals surface area contributed by atoms with Gasteiger partial charge in [-0.15, -0.1) is 0 Å². The van der Waals surface area contributed by atoms with Crippen molar-refractivity contribution in [3.8, 4) is 5.75 Å². The van der Waals surface area contributed by atoms with Crippen LogP contribution in [0.4, 0.5) is 0 Å². The normalized spacial score (nSPS) is 12.9. The number of ether oxygens (including phenoxy) is 1. The topological polar surface area (TPSA) is 12.5 Å². The highest BCUT2D eigenvalue weighted by atomic mass is 16.5. The van der Waals surface area contributed by atoms with E-state index in [1.807, 2.05) is 30.3 Å². The van der Waals surface area contributed by atoms with Crippen LogP contribution in [0.25, 0.3) is 0 Å². The van der Waals surface area contributed by atoms with Crippen molar-refractivity contribution in [1.29, 1.82) is 0 Å². The van der Waals surface area contributed by atoms with Crippen molar-refractivity contribution >= 4 is 0 Å². The van der Waals surface area contributed by atoms with Crippen LogP contribution in [0, 0.1) is 0 Å². The minimum absolute atomic E-state index is 0.0388. The molecule has 2 nitrogen and oxygen atoms in total. The maximum atomic E-state index is 6.09. The van der Waals surface area contributed by atoms with Gasteiger partial charge in [0.25, 0.3) is 0 Å². The largest absolute Gasteiger partial charge is 0.486 e. The SMILES string of the molecule is CN(C)C(C)(C)C(C)(C)Oc1ccccc1. The molecule has 0 radical (unpaired) electrons. The fourth-order valence-corrected chi connectivity index (χ4v) is 1.45. The Morgan fingerprint density at radius 2 is 1.44 bits per heavy atom. The van der Waals surface area contributed by atoms with Crippen LogP contribution in [0.3, 0.4) is 0 Å². The predicted octanol–water partition coefficient (Wildman–Crippen LogP) is 3.18. The van der Waals surface area contributed by atoms with Gasteiger partial charge >= 0.3 is 0 Å². The molecule has 1 rings (SSSR count). The lowest BCUT2D eigenvalue weighted by molar-refractivity contribution is -0.0330. The predicted molar refractivity (Wildman–Crippen MR) is 68.9 cm³/mol. The van der Waals surface area contributed by atoms with Crippen LogP contribution >= 0.6 is 0 Å². The van der Waals surface area contributed by atoms with Crippen LogP contribution in [-0.2, 0) is 0 Å². The zero-order chi connectivity index (χ0) is 12.4.